The van der Waals surface area contributed by atoms with E-state index in [2.05, 4.69) is 11.4 Å². The molecule has 0 aromatic heterocycles. The zero-order valence-electron chi connectivity index (χ0n) is 12.2. The second-order valence-electron chi connectivity index (χ2n) is 4.54. The molecule has 0 bridgehead atoms. The fourth-order valence-corrected chi connectivity index (χ4v) is 2.71. The SMILES string of the molecule is COc1ccc(NC(=O)CSCc2ccccc2C#N)cc1. The van der Waals surface area contributed by atoms with Crippen LogP contribution < -0.4 is 10.1 Å². The molecule has 5 heteroatoms. The summed E-state index contributed by atoms with van der Waals surface area (Å²) in [6.45, 7) is 0. The van der Waals surface area contributed by atoms with E-state index in [1.807, 2.05) is 18.2 Å². The third-order valence-electron chi connectivity index (χ3n) is 3.00. The van der Waals surface area contributed by atoms with Crippen LogP contribution in [0.4, 0.5) is 5.69 Å². The lowest BCUT2D eigenvalue weighted by Crippen LogP contribution is -2.14. The van der Waals surface area contributed by atoms with E-state index in [-0.39, 0.29) is 5.91 Å². The number of nitrogens with one attached hydrogen (secondary N) is 1. The van der Waals surface area contributed by atoms with Gasteiger partial charge in [-0.2, -0.15) is 5.26 Å². The third-order valence-corrected chi connectivity index (χ3v) is 3.98. The standard InChI is InChI=1S/C17H16N2O2S/c1-21-16-8-6-15(7-9-16)19-17(20)12-22-11-14-5-3-2-4-13(14)10-18/h2-9H,11-12H2,1H3,(H,19,20). The van der Waals surface area contributed by atoms with Gasteiger partial charge < -0.3 is 10.1 Å². The number of carbonyl (C=O) groups is 1. The van der Waals surface area contributed by atoms with Crippen LogP contribution >= 0.6 is 11.8 Å². The van der Waals surface area contributed by atoms with Gasteiger partial charge in [0.15, 0.2) is 0 Å². The number of thioether (sulfide) groups is 1. The average molecular weight is 312 g/mol. The summed E-state index contributed by atoms with van der Waals surface area (Å²) >= 11 is 1.48. The fraction of sp³-hybridized carbons (Fsp3) is 0.176. The van der Waals surface area contributed by atoms with E-state index >= 15 is 0 Å². The zero-order valence-corrected chi connectivity index (χ0v) is 13.0. The maximum atomic E-state index is 11.9. The summed E-state index contributed by atoms with van der Waals surface area (Å²) in [5.74, 6) is 1.66. The quantitative estimate of drug-likeness (QED) is 0.887. The Balaban J connectivity index is 1.81. The van der Waals surface area contributed by atoms with Crippen LogP contribution in [0.1, 0.15) is 11.1 Å². The molecule has 0 unspecified atom stereocenters. The third kappa shape index (κ3) is 4.54. The van der Waals surface area contributed by atoms with Crippen LogP contribution in [-0.2, 0) is 10.5 Å². The molecule has 0 aliphatic rings. The summed E-state index contributed by atoms with van der Waals surface area (Å²) in [6, 6.07) is 16.8. The summed E-state index contributed by atoms with van der Waals surface area (Å²) in [5, 5.41) is 11.8. The van der Waals surface area contributed by atoms with E-state index in [0.717, 1.165) is 17.0 Å². The zero-order chi connectivity index (χ0) is 15.8. The number of nitrogens with zero attached hydrogens (tertiary/aromatic N) is 1. The maximum absolute atomic E-state index is 11.9. The van der Waals surface area contributed by atoms with E-state index in [4.69, 9.17) is 10.00 Å². The second kappa shape index (κ2) is 8.11. The molecule has 0 aliphatic heterocycles. The van der Waals surface area contributed by atoms with E-state index in [0.29, 0.717) is 17.1 Å². The van der Waals surface area contributed by atoms with Crippen molar-refractivity contribution < 1.29 is 9.53 Å². The Morgan fingerprint density at radius 1 is 1.23 bits per heavy atom. The first kappa shape index (κ1) is 15.9. The molecule has 0 radical (unpaired) electrons. The minimum atomic E-state index is -0.0652. The summed E-state index contributed by atoms with van der Waals surface area (Å²) in [7, 11) is 1.60. The molecule has 4 nitrogen and oxygen atoms in total. The Kier molecular flexibility index (Phi) is 5.87. The van der Waals surface area contributed by atoms with Gasteiger partial charge in [0, 0.05) is 11.4 Å². The summed E-state index contributed by atoms with van der Waals surface area (Å²) in [5.41, 5.74) is 2.35. The number of rotatable bonds is 6. The van der Waals surface area contributed by atoms with Crippen LogP contribution in [-0.4, -0.2) is 18.8 Å². The Labute approximate surface area is 134 Å². The highest BCUT2D eigenvalue weighted by Gasteiger charge is 2.05. The van der Waals surface area contributed by atoms with Crippen LogP contribution in [0.3, 0.4) is 0 Å². The summed E-state index contributed by atoms with van der Waals surface area (Å²) < 4.78 is 5.07. The van der Waals surface area contributed by atoms with Gasteiger partial charge in [-0.1, -0.05) is 18.2 Å². The monoisotopic (exact) mass is 312 g/mol. The first-order valence-corrected chi connectivity index (χ1v) is 7.88. The number of ether oxygens (including phenoxy) is 1. The van der Waals surface area contributed by atoms with Gasteiger partial charge in [0.25, 0.3) is 0 Å². The van der Waals surface area contributed by atoms with Crippen molar-refractivity contribution in [2.75, 3.05) is 18.2 Å². The van der Waals surface area contributed by atoms with Crippen molar-refractivity contribution in [3.05, 3.63) is 59.7 Å². The van der Waals surface area contributed by atoms with Gasteiger partial charge in [-0.15, -0.1) is 11.8 Å². The highest BCUT2D eigenvalue weighted by atomic mass is 32.2. The van der Waals surface area contributed by atoms with E-state index < -0.39 is 0 Å². The first-order valence-electron chi connectivity index (χ1n) is 6.72. The maximum Gasteiger partial charge on any atom is 0.234 e. The highest BCUT2D eigenvalue weighted by molar-refractivity contribution is 7.99. The first-order chi connectivity index (χ1) is 10.7. The molecule has 0 fully saturated rings. The van der Waals surface area contributed by atoms with Crippen LogP contribution in [0.2, 0.25) is 0 Å². The number of benzene rings is 2. The molecule has 22 heavy (non-hydrogen) atoms. The lowest BCUT2D eigenvalue weighted by atomic mass is 10.1. The molecule has 0 heterocycles. The van der Waals surface area contributed by atoms with E-state index in [1.165, 1.54) is 11.8 Å². The second-order valence-corrected chi connectivity index (χ2v) is 5.52. The molecule has 112 valence electrons. The Morgan fingerprint density at radius 3 is 2.64 bits per heavy atom. The van der Waals surface area contributed by atoms with Gasteiger partial charge in [0.1, 0.15) is 5.75 Å². The van der Waals surface area contributed by atoms with Crippen molar-refractivity contribution in [2.45, 2.75) is 5.75 Å². The number of amides is 1. The summed E-state index contributed by atoms with van der Waals surface area (Å²) in [6.07, 6.45) is 0. The predicted octanol–water partition coefficient (Wildman–Crippen LogP) is 3.44. The van der Waals surface area contributed by atoms with Crippen LogP contribution in [0.15, 0.2) is 48.5 Å². The molecule has 0 spiro atoms. The van der Waals surface area contributed by atoms with E-state index in [9.17, 15) is 4.79 Å². The van der Waals surface area contributed by atoms with Crippen molar-refractivity contribution in [1.29, 1.82) is 5.26 Å². The molecule has 0 saturated heterocycles. The number of hydrogen-bond donors (Lipinski definition) is 1. The highest BCUT2D eigenvalue weighted by Crippen LogP contribution is 2.18. The molecular weight excluding hydrogens is 296 g/mol. The van der Waals surface area contributed by atoms with Gasteiger partial charge in [0.05, 0.1) is 24.5 Å². The number of methoxy groups -OCH3 is 1. The van der Waals surface area contributed by atoms with Crippen LogP contribution in [0.5, 0.6) is 5.75 Å². The van der Waals surface area contributed by atoms with Crippen molar-refractivity contribution >= 4 is 23.4 Å². The summed E-state index contributed by atoms with van der Waals surface area (Å²) in [4.78, 5) is 11.9. The van der Waals surface area contributed by atoms with Crippen molar-refractivity contribution in [2.24, 2.45) is 0 Å². The Hall–Kier alpha value is -2.45. The van der Waals surface area contributed by atoms with Gasteiger partial charge >= 0.3 is 0 Å². The largest absolute Gasteiger partial charge is 0.497 e. The fourth-order valence-electron chi connectivity index (χ4n) is 1.88. The van der Waals surface area contributed by atoms with Crippen molar-refractivity contribution in [3.8, 4) is 11.8 Å². The van der Waals surface area contributed by atoms with Crippen LogP contribution in [0, 0.1) is 11.3 Å². The van der Waals surface area contributed by atoms with Gasteiger partial charge in [-0.3, -0.25) is 4.79 Å². The molecule has 1 amide bonds. The molecule has 2 aromatic rings. The lowest BCUT2D eigenvalue weighted by molar-refractivity contribution is -0.113. The molecular formula is C17H16N2O2S. The number of nitriles is 1. The smallest absolute Gasteiger partial charge is 0.234 e. The molecule has 0 saturated carbocycles. The minimum absolute atomic E-state index is 0.0652. The van der Waals surface area contributed by atoms with Gasteiger partial charge in [0.2, 0.25) is 5.91 Å². The Morgan fingerprint density at radius 2 is 1.95 bits per heavy atom. The molecule has 0 atom stereocenters. The van der Waals surface area contributed by atoms with Crippen molar-refractivity contribution in [1.82, 2.24) is 0 Å². The Bertz CT molecular complexity index is 678. The molecule has 2 rings (SSSR count). The minimum Gasteiger partial charge on any atom is -0.497 e. The topological polar surface area (TPSA) is 62.1 Å². The molecule has 0 aliphatic carbocycles. The lowest BCUT2D eigenvalue weighted by Gasteiger charge is -2.07. The number of hydrogen-bond acceptors (Lipinski definition) is 4. The van der Waals surface area contributed by atoms with Crippen LogP contribution in [0.25, 0.3) is 0 Å². The molecule has 2 aromatic carbocycles. The average Bonchev–Trinajstić information content (AvgIpc) is 2.56. The number of anilines is 1. The predicted molar refractivity (Wildman–Crippen MR) is 88.9 cm³/mol. The van der Waals surface area contributed by atoms with Gasteiger partial charge in [-0.25, -0.2) is 0 Å². The normalized spacial score (nSPS) is 9.82. The number of carbonyl (C=O) groups excluding carboxylic acids is 1. The van der Waals surface area contributed by atoms with E-state index in [1.54, 1.807) is 37.4 Å². The molecule has 1 N–H and O–H groups in total. The van der Waals surface area contributed by atoms with Crippen molar-refractivity contribution in [3.63, 3.8) is 0 Å². The van der Waals surface area contributed by atoms with Gasteiger partial charge in [-0.05, 0) is 35.9 Å².